The molecule has 0 aliphatic carbocycles. The fraction of sp³-hybridized carbons (Fsp3) is 0.182. The summed E-state index contributed by atoms with van der Waals surface area (Å²) in [6, 6.07) is 6.79. The second-order valence-corrected chi connectivity index (χ2v) is 5.70. The molecule has 2 rings (SSSR count). The Labute approximate surface area is 94.5 Å². The van der Waals surface area contributed by atoms with E-state index >= 15 is 0 Å². The fourth-order valence-corrected chi connectivity index (χ4v) is 2.14. The van der Waals surface area contributed by atoms with Gasteiger partial charge in [-0.1, -0.05) is 12.1 Å². The molecule has 0 N–H and O–H groups in total. The Balaban J connectivity index is 2.45. The highest BCUT2D eigenvalue weighted by atomic mass is 32.2. The second kappa shape index (κ2) is 3.75. The van der Waals surface area contributed by atoms with Gasteiger partial charge in [0.1, 0.15) is 0 Å². The van der Waals surface area contributed by atoms with Gasteiger partial charge in [-0.3, -0.25) is 0 Å². The first kappa shape index (κ1) is 10.9. The lowest BCUT2D eigenvalue weighted by Crippen LogP contribution is -1.96. The molecule has 16 heavy (non-hydrogen) atoms. The Morgan fingerprint density at radius 2 is 1.81 bits per heavy atom. The number of nitrogens with zero attached hydrogens (tertiary/aromatic N) is 2. The smallest absolute Gasteiger partial charge is 0.175 e. The summed E-state index contributed by atoms with van der Waals surface area (Å²) < 4.78 is 24.4. The summed E-state index contributed by atoms with van der Waals surface area (Å²) >= 11 is 0. The third kappa shape index (κ3) is 1.99. The van der Waals surface area contributed by atoms with Crippen LogP contribution in [0.5, 0.6) is 0 Å². The van der Waals surface area contributed by atoms with Gasteiger partial charge in [-0.25, -0.2) is 13.4 Å². The van der Waals surface area contributed by atoms with Crippen molar-refractivity contribution in [3.8, 4) is 11.3 Å². The fourth-order valence-electron chi connectivity index (χ4n) is 1.51. The van der Waals surface area contributed by atoms with E-state index in [0.717, 1.165) is 11.3 Å². The average Bonchev–Trinajstić information content (AvgIpc) is 2.63. The minimum absolute atomic E-state index is 0.332. The van der Waals surface area contributed by atoms with Gasteiger partial charge < -0.3 is 4.57 Å². The normalized spacial score (nSPS) is 11.6. The van der Waals surface area contributed by atoms with Gasteiger partial charge in [0.25, 0.3) is 0 Å². The molecule has 0 aliphatic rings. The number of imidazole rings is 1. The van der Waals surface area contributed by atoms with Crippen molar-refractivity contribution >= 4 is 9.84 Å². The van der Waals surface area contributed by atoms with Crippen LogP contribution >= 0.6 is 0 Å². The minimum atomic E-state index is -3.12. The van der Waals surface area contributed by atoms with Crippen molar-refractivity contribution in [3.63, 3.8) is 0 Å². The van der Waals surface area contributed by atoms with Crippen molar-refractivity contribution < 1.29 is 8.42 Å². The highest BCUT2D eigenvalue weighted by Gasteiger charge is 2.07. The Bertz CT molecular complexity index is 597. The maximum Gasteiger partial charge on any atom is 0.175 e. The van der Waals surface area contributed by atoms with Gasteiger partial charge in [-0.05, 0) is 17.7 Å². The van der Waals surface area contributed by atoms with Gasteiger partial charge >= 0.3 is 0 Å². The predicted octanol–water partition coefficient (Wildman–Crippen LogP) is 1.49. The summed E-state index contributed by atoms with van der Waals surface area (Å²) in [7, 11) is -1.23. The lowest BCUT2D eigenvalue weighted by molar-refractivity contribution is 0.602. The number of aryl methyl sites for hydroxylation is 1. The summed E-state index contributed by atoms with van der Waals surface area (Å²) in [5, 5.41) is 0. The summed E-state index contributed by atoms with van der Waals surface area (Å²) in [4.78, 5) is 4.35. The molecule has 2 aromatic rings. The molecular weight excluding hydrogens is 224 g/mol. The van der Waals surface area contributed by atoms with Crippen LogP contribution in [0, 0.1) is 0 Å². The lowest BCUT2D eigenvalue weighted by Gasteiger charge is -2.03. The first-order valence-electron chi connectivity index (χ1n) is 4.75. The maximum absolute atomic E-state index is 11.3. The molecule has 0 unspecified atom stereocenters. The van der Waals surface area contributed by atoms with E-state index in [2.05, 4.69) is 4.98 Å². The number of rotatable bonds is 2. The van der Waals surface area contributed by atoms with Gasteiger partial charge in [0.05, 0.1) is 23.1 Å². The molecule has 0 amide bonds. The first-order chi connectivity index (χ1) is 7.48. The van der Waals surface area contributed by atoms with Crippen LogP contribution < -0.4 is 0 Å². The third-order valence-electron chi connectivity index (χ3n) is 2.39. The summed E-state index contributed by atoms with van der Waals surface area (Å²) in [6.45, 7) is 0. The van der Waals surface area contributed by atoms with Crippen molar-refractivity contribution in [2.75, 3.05) is 6.26 Å². The Morgan fingerprint density at radius 1 is 1.19 bits per heavy atom. The molecule has 0 fully saturated rings. The third-order valence-corrected chi connectivity index (χ3v) is 3.52. The molecule has 0 saturated carbocycles. The SMILES string of the molecule is Cn1cncc1-c1ccc(S(C)(=O)=O)cc1. The van der Waals surface area contributed by atoms with Crippen molar-refractivity contribution in [1.82, 2.24) is 9.55 Å². The highest BCUT2D eigenvalue weighted by Crippen LogP contribution is 2.20. The largest absolute Gasteiger partial charge is 0.334 e. The van der Waals surface area contributed by atoms with E-state index in [1.165, 1.54) is 6.26 Å². The molecule has 5 heteroatoms. The van der Waals surface area contributed by atoms with Crippen LogP contribution in [0.25, 0.3) is 11.3 Å². The summed E-state index contributed by atoms with van der Waals surface area (Å²) in [5.41, 5.74) is 1.91. The lowest BCUT2D eigenvalue weighted by atomic mass is 10.2. The molecule has 1 aromatic heterocycles. The molecular formula is C11H12N2O2S. The number of hydrogen-bond acceptors (Lipinski definition) is 3. The topological polar surface area (TPSA) is 52.0 Å². The van der Waals surface area contributed by atoms with E-state index in [1.807, 2.05) is 11.6 Å². The van der Waals surface area contributed by atoms with Gasteiger partial charge in [0.15, 0.2) is 9.84 Å². The van der Waals surface area contributed by atoms with Crippen LogP contribution in [-0.2, 0) is 16.9 Å². The quantitative estimate of drug-likeness (QED) is 0.793. The Morgan fingerprint density at radius 3 is 2.25 bits per heavy atom. The van der Waals surface area contributed by atoms with Crippen molar-refractivity contribution in [2.45, 2.75) is 4.90 Å². The van der Waals surface area contributed by atoms with Gasteiger partial charge in [-0.15, -0.1) is 0 Å². The molecule has 0 saturated heterocycles. The molecule has 1 heterocycles. The Kier molecular flexibility index (Phi) is 2.55. The molecule has 0 atom stereocenters. The molecule has 0 radical (unpaired) electrons. The second-order valence-electron chi connectivity index (χ2n) is 3.69. The van der Waals surface area contributed by atoms with Gasteiger partial charge in [0, 0.05) is 13.3 Å². The van der Waals surface area contributed by atoms with Crippen molar-refractivity contribution in [3.05, 3.63) is 36.8 Å². The van der Waals surface area contributed by atoms with E-state index in [-0.39, 0.29) is 0 Å². The number of benzene rings is 1. The van der Waals surface area contributed by atoms with Crippen LogP contribution in [0.2, 0.25) is 0 Å². The number of sulfone groups is 1. The van der Waals surface area contributed by atoms with E-state index in [0.29, 0.717) is 4.90 Å². The van der Waals surface area contributed by atoms with Crippen molar-refractivity contribution in [2.24, 2.45) is 7.05 Å². The van der Waals surface area contributed by atoms with E-state index in [9.17, 15) is 8.42 Å². The number of aromatic nitrogens is 2. The van der Waals surface area contributed by atoms with Crippen LogP contribution in [0.3, 0.4) is 0 Å². The Hall–Kier alpha value is -1.62. The van der Waals surface area contributed by atoms with E-state index in [1.54, 1.807) is 36.8 Å². The van der Waals surface area contributed by atoms with Crippen LogP contribution in [0.1, 0.15) is 0 Å². The van der Waals surface area contributed by atoms with E-state index < -0.39 is 9.84 Å². The molecule has 0 spiro atoms. The highest BCUT2D eigenvalue weighted by molar-refractivity contribution is 7.90. The zero-order valence-corrected chi connectivity index (χ0v) is 9.90. The first-order valence-corrected chi connectivity index (χ1v) is 6.64. The minimum Gasteiger partial charge on any atom is -0.334 e. The van der Waals surface area contributed by atoms with Gasteiger partial charge in [0.2, 0.25) is 0 Å². The molecule has 1 aromatic carbocycles. The van der Waals surface area contributed by atoms with Crippen LogP contribution in [-0.4, -0.2) is 24.2 Å². The molecule has 84 valence electrons. The predicted molar refractivity (Wildman–Crippen MR) is 61.8 cm³/mol. The maximum atomic E-state index is 11.3. The zero-order valence-electron chi connectivity index (χ0n) is 9.08. The van der Waals surface area contributed by atoms with Crippen LogP contribution in [0.4, 0.5) is 0 Å². The van der Waals surface area contributed by atoms with Crippen LogP contribution in [0.15, 0.2) is 41.7 Å². The zero-order chi connectivity index (χ0) is 11.8. The van der Waals surface area contributed by atoms with Gasteiger partial charge in [-0.2, -0.15) is 0 Å². The molecule has 0 aliphatic heterocycles. The average molecular weight is 236 g/mol. The summed E-state index contributed by atoms with van der Waals surface area (Å²) in [5.74, 6) is 0. The standard InChI is InChI=1S/C11H12N2O2S/c1-13-8-12-7-11(13)9-3-5-10(6-4-9)16(2,14)15/h3-8H,1-2H3. The molecule has 4 nitrogen and oxygen atoms in total. The van der Waals surface area contributed by atoms with Crippen molar-refractivity contribution in [1.29, 1.82) is 0 Å². The number of hydrogen-bond donors (Lipinski definition) is 0. The van der Waals surface area contributed by atoms with E-state index in [4.69, 9.17) is 0 Å². The summed E-state index contributed by atoms with van der Waals surface area (Å²) in [6.07, 6.45) is 4.65. The monoisotopic (exact) mass is 236 g/mol. The molecule has 0 bridgehead atoms.